The molecule has 176 valence electrons. The van der Waals surface area contributed by atoms with Crippen LogP contribution in [0.4, 0.5) is 0 Å². The Balaban J connectivity index is 1.93. The molecule has 0 aliphatic heterocycles. The summed E-state index contributed by atoms with van der Waals surface area (Å²) in [5, 5.41) is 13.8. The molecule has 0 saturated heterocycles. The van der Waals surface area contributed by atoms with Crippen LogP contribution in [-0.4, -0.2) is 41.1 Å². The molecule has 1 aromatic heterocycles. The van der Waals surface area contributed by atoms with Gasteiger partial charge in [-0.2, -0.15) is 0 Å². The summed E-state index contributed by atoms with van der Waals surface area (Å²) in [5.74, 6) is -2.09. The van der Waals surface area contributed by atoms with Crippen molar-refractivity contribution < 1.29 is 24.2 Å². The maximum Gasteiger partial charge on any atom is 0.336 e. The number of carbonyl (C=O) groups is 3. The number of carboxylic acids is 1. The number of carboxylic acid groups (broad SMARTS) is 1. The van der Waals surface area contributed by atoms with E-state index in [2.05, 4.69) is 19.5 Å². The van der Waals surface area contributed by atoms with E-state index in [1.54, 1.807) is 12.1 Å². The van der Waals surface area contributed by atoms with Gasteiger partial charge < -0.3 is 15.2 Å². The number of ether oxygens (including phenoxy) is 1. The van der Waals surface area contributed by atoms with Gasteiger partial charge in [0.05, 0.1) is 18.2 Å². The number of hydrogen-bond donors (Lipinski definition) is 2. The molecular weight excluding hydrogens is 451 g/mol. The summed E-state index contributed by atoms with van der Waals surface area (Å²) >= 11 is 0. The van der Waals surface area contributed by atoms with Crippen LogP contribution >= 0.6 is 9.24 Å². The Labute approximate surface area is 200 Å². The van der Waals surface area contributed by atoms with E-state index in [0.29, 0.717) is 16.8 Å². The number of amides is 1. The fourth-order valence-electron chi connectivity index (χ4n) is 3.40. The number of hydrogen-bond acceptors (Lipinski definition) is 5. The summed E-state index contributed by atoms with van der Waals surface area (Å²) < 4.78 is 4.85. The number of methoxy groups -OCH3 is 1. The second-order valence-corrected chi connectivity index (χ2v) is 8.90. The largest absolute Gasteiger partial charge is 0.478 e. The molecule has 0 saturated carbocycles. The van der Waals surface area contributed by atoms with Crippen LogP contribution < -0.4 is 10.6 Å². The van der Waals surface area contributed by atoms with Crippen LogP contribution in [0, 0.1) is 5.92 Å². The van der Waals surface area contributed by atoms with Crippen LogP contribution in [-0.2, 0) is 16.0 Å². The first-order chi connectivity index (χ1) is 16.2. The van der Waals surface area contributed by atoms with Crippen molar-refractivity contribution in [1.82, 2.24) is 10.3 Å². The normalized spacial score (nSPS) is 12.1. The van der Waals surface area contributed by atoms with E-state index in [0.717, 1.165) is 16.4 Å². The van der Waals surface area contributed by atoms with Gasteiger partial charge in [-0.15, -0.1) is 9.24 Å². The number of allylic oxidation sites excluding steroid dienone is 1. The second kappa shape index (κ2) is 11.0. The van der Waals surface area contributed by atoms with Gasteiger partial charge in [-0.25, -0.2) is 14.6 Å². The summed E-state index contributed by atoms with van der Waals surface area (Å²) in [4.78, 5) is 41.6. The number of pyridine rings is 1. The molecule has 3 rings (SSSR count). The van der Waals surface area contributed by atoms with Gasteiger partial charge in [0.2, 0.25) is 0 Å². The predicted octanol–water partition coefficient (Wildman–Crippen LogP) is 3.62. The predicted molar refractivity (Wildman–Crippen MR) is 135 cm³/mol. The van der Waals surface area contributed by atoms with Crippen molar-refractivity contribution in [3.63, 3.8) is 0 Å². The monoisotopic (exact) mass is 478 g/mol. The third kappa shape index (κ3) is 6.27. The van der Waals surface area contributed by atoms with Crippen molar-refractivity contribution in [2.24, 2.45) is 5.92 Å². The molecule has 8 heteroatoms. The first-order valence-electron chi connectivity index (χ1n) is 10.8. The standard InChI is InChI=1S/C26H27N2O5P/c1-15(2)4-5-16-8-11-21-19(12-16)20(25(30)31)14-22(27-21)24(29)28-23(26(32)33-3)13-17-6-9-18(34)10-7-17/h4-12,14-15,23H,13,34H2,1-3H3,(H,28,29)(H,30,31)/b5-4+. The van der Waals surface area contributed by atoms with Crippen LogP contribution in [0.1, 0.15) is 45.8 Å². The van der Waals surface area contributed by atoms with E-state index in [-0.39, 0.29) is 17.7 Å². The van der Waals surface area contributed by atoms with Crippen molar-refractivity contribution in [2.75, 3.05) is 7.11 Å². The highest BCUT2D eigenvalue weighted by atomic mass is 31.0. The smallest absolute Gasteiger partial charge is 0.336 e. The van der Waals surface area contributed by atoms with Crippen LogP contribution in [0.15, 0.2) is 54.6 Å². The highest BCUT2D eigenvalue weighted by Crippen LogP contribution is 2.22. The molecule has 0 spiro atoms. The number of nitrogens with one attached hydrogen (secondary N) is 1. The van der Waals surface area contributed by atoms with E-state index in [1.807, 2.05) is 56.3 Å². The van der Waals surface area contributed by atoms with Gasteiger partial charge in [-0.05, 0) is 40.5 Å². The number of carbonyl (C=O) groups excluding carboxylic acids is 2. The Morgan fingerprint density at radius 1 is 1.12 bits per heavy atom. The van der Waals surface area contributed by atoms with Crippen molar-refractivity contribution in [1.29, 1.82) is 0 Å². The van der Waals surface area contributed by atoms with E-state index in [4.69, 9.17) is 4.74 Å². The van der Waals surface area contributed by atoms with Gasteiger partial charge in [0.15, 0.2) is 0 Å². The van der Waals surface area contributed by atoms with Crippen LogP contribution in [0.5, 0.6) is 0 Å². The fourth-order valence-corrected chi connectivity index (χ4v) is 3.59. The van der Waals surface area contributed by atoms with Crippen LogP contribution in [0.25, 0.3) is 17.0 Å². The quantitative estimate of drug-likeness (QED) is 0.379. The number of fused-ring (bicyclic) bond motifs is 1. The van der Waals surface area contributed by atoms with Crippen molar-refractivity contribution in [2.45, 2.75) is 26.3 Å². The summed E-state index contributed by atoms with van der Waals surface area (Å²) in [7, 11) is 3.83. The van der Waals surface area contributed by atoms with Gasteiger partial charge in [-0.1, -0.05) is 56.3 Å². The molecule has 2 aromatic carbocycles. The third-order valence-corrected chi connectivity index (χ3v) is 5.56. The van der Waals surface area contributed by atoms with Crippen LogP contribution in [0.2, 0.25) is 0 Å². The number of aromatic carboxylic acids is 1. The van der Waals surface area contributed by atoms with E-state index < -0.39 is 23.9 Å². The lowest BCUT2D eigenvalue weighted by atomic mass is 10.0. The molecule has 2 atom stereocenters. The molecule has 1 amide bonds. The van der Waals surface area contributed by atoms with Crippen molar-refractivity contribution in [3.8, 4) is 0 Å². The van der Waals surface area contributed by atoms with E-state index in [9.17, 15) is 19.5 Å². The maximum atomic E-state index is 13.0. The molecule has 0 fully saturated rings. The zero-order valence-corrected chi connectivity index (χ0v) is 20.4. The molecule has 0 aliphatic rings. The molecule has 3 aromatic rings. The maximum absolute atomic E-state index is 13.0. The molecule has 1 heterocycles. The molecular formula is C26H27N2O5P. The number of nitrogens with zero attached hydrogens (tertiary/aromatic N) is 1. The lowest BCUT2D eigenvalue weighted by Crippen LogP contribution is -2.43. The first kappa shape index (κ1) is 25.1. The average Bonchev–Trinajstić information content (AvgIpc) is 2.82. The topological polar surface area (TPSA) is 106 Å². The molecule has 0 radical (unpaired) electrons. The summed E-state index contributed by atoms with van der Waals surface area (Å²) in [6.45, 7) is 4.10. The van der Waals surface area contributed by atoms with Gasteiger partial charge in [-0.3, -0.25) is 4.79 Å². The fraction of sp³-hybridized carbons (Fsp3) is 0.231. The van der Waals surface area contributed by atoms with E-state index >= 15 is 0 Å². The van der Waals surface area contributed by atoms with Gasteiger partial charge >= 0.3 is 11.9 Å². The molecule has 34 heavy (non-hydrogen) atoms. The highest BCUT2D eigenvalue weighted by molar-refractivity contribution is 7.27. The van der Waals surface area contributed by atoms with Crippen molar-refractivity contribution >= 4 is 49.4 Å². The highest BCUT2D eigenvalue weighted by Gasteiger charge is 2.24. The molecule has 0 bridgehead atoms. The molecule has 0 aliphatic carbocycles. The number of rotatable bonds is 8. The minimum Gasteiger partial charge on any atom is -0.478 e. The Hall–Kier alpha value is -3.57. The SMILES string of the molecule is COC(=O)C(Cc1ccc(P)cc1)NC(=O)c1cc(C(=O)O)c2cc(/C=C/C(C)C)ccc2n1. The number of benzene rings is 2. The third-order valence-electron chi connectivity index (χ3n) is 5.18. The Bertz CT molecular complexity index is 1250. The second-order valence-electron chi connectivity index (χ2n) is 8.23. The van der Waals surface area contributed by atoms with Gasteiger partial charge in [0.1, 0.15) is 11.7 Å². The summed E-state index contributed by atoms with van der Waals surface area (Å²) in [6, 6.07) is 13.0. The van der Waals surface area contributed by atoms with Gasteiger partial charge in [0.25, 0.3) is 5.91 Å². The van der Waals surface area contributed by atoms with E-state index in [1.165, 1.54) is 13.2 Å². The van der Waals surface area contributed by atoms with Gasteiger partial charge in [0, 0.05) is 11.8 Å². The molecule has 2 unspecified atom stereocenters. The summed E-state index contributed by atoms with van der Waals surface area (Å²) in [6.07, 6.45) is 4.14. The lowest BCUT2D eigenvalue weighted by Gasteiger charge is -2.17. The first-order valence-corrected chi connectivity index (χ1v) is 11.3. The zero-order chi connectivity index (χ0) is 24.8. The Kier molecular flexibility index (Phi) is 8.13. The lowest BCUT2D eigenvalue weighted by molar-refractivity contribution is -0.142. The molecule has 2 N–H and O–H groups in total. The van der Waals surface area contributed by atoms with Crippen LogP contribution in [0.3, 0.4) is 0 Å². The summed E-state index contributed by atoms with van der Waals surface area (Å²) in [5.41, 5.74) is 1.91. The average molecular weight is 478 g/mol. The van der Waals surface area contributed by atoms with Crippen molar-refractivity contribution in [3.05, 3.63) is 77.0 Å². The molecule has 7 nitrogen and oxygen atoms in total. The Morgan fingerprint density at radius 2 is 1.82 bits per heavy atom. The minimum atomic E-state index is -1.17. The zero-order valence-electron chi connectivity index (χ0n) is 19.2. The number of aromatic nitrogens is 1. The Morgan fingerprint density at radius 3 is 2.44 bits per heavy atom. The number of esters is 1. The minimum absolute atomic E-state index is 0.0411.